The number of aryl methyl sites for hydroxylation is 1. The first kappa shape index (κ1) is 23.2. The van der Waals surface area contributed by atoms with E-state index in [0.717, 1.165) is 0 Å². The highest BCUT2D eigenvalue weighted by molar-refractivity contribution is 7.92. The van der Waals surface area contributed by atoms with Gasteiger partial charge in [0.05, 0.1) is 10.6 Å². The van der Waals surface area contributed by atoms with Gasteiger partial charge in [-0.2, -0.15) is 0 Å². The largest absolute Gasteiger partial charge is 0.338 e. The Morgan fingerprint density at radius 2 is 1.65 bits per heavy atom. The summed E-state index contributed by atoms with van der Waals surface area (Å²) in [4.78, 5) is 17.4. The maximum Gasteiger partial charge on any atom is 0.264 e. The second-order valence-electron chi connectivity index (χ2n) is 7.69. The molecule has 0 aliphatic carbocycles. The van der Waals surface area contributed by atoms with E-state index in [2.05, 4.69) is 10.3 Å². The molecule has 34 heavy (non-hydrogen) atoms. The molecular weight excluding hydrogens is 455 g/mol. The Bertz CT molecular complexity index is 1390. The fourth-order valence-corrected chi connectivity index (χ4v) is 4.73. The van der Waals surface area contributed by atoms with Gasteiger partial charge in [0.15, 0.2) is 0 Å². The standard InChI is InChI=1S/C25H23FN4O3S/c1-29-17-16-27-24(29)23(18-8-12-20(26)13-9-18)28-25(31)19-10-14-22(15-11-19)34(32,33)30(2)21-6-4-3-5-7-21/h3-17,23H,1-2H3,(H,28,31). The molecule has 0 saturated carbocycles. The molecule has 1 unspecified atom stereocenters. The average Bonchev–Trinajstić information content (AvgIpc) is 3.28. The molecular formula is C25H23FN4O3S. The van der Waals surface area contributed by atoms with E-state index in [-0.39, 0.29) is 16.3 Å². The predicted octanol–water partition coefficient (Wildman–Crippen LogP) is 3.90. The summed E-state index contributed by atoms with van der Waals surface area (Å²) in [7, 11) is -0.516. The van der Waals surface area contributed by atoms with E-state index < -0.39 is 22.0 Å². The van der Waals surface area contributed by atoms with Crippen molar-refractivity contribution >= 4 is 21.6 Å². The molecule has 1 atom stereocenters. The van der Waals surface area contributed by atoms with E-state index >= 15 is 0 Å². The highest BCUT2D eigenvalue weighted by Crippen LogP contribution is 2.24. The number of rotatable bonds is 7. The number of nitrogens with one attached hydrogen (secondary N) is 1. The van der Waals surface area contributed by atoms with Gasteiger partial charge in [0.1, 0.15) is 17.7 Å². The SMILES string of the molecule is CN(c1ccccc1)S(=O)(=O)c1ccc(C(=O)NC(c2ccc(F)cc2)c2nccn2C)cc1. The zero-order valence-electron chi connectivity index (χ0n) is 18.6. The maximum atomic E-state index is 13.4. The Labute approximate surface area is 197 Å². The van der Waals surface area contributed by atoms with Crippen LogP contribution in [0.4, 0.5) is 10.1 Å². The van der Waals surface area contributed by atoms with Gasteiger partial charge in [-0.15, -0.1) is 0 Å². The summed E-state index contributed by atoms with van der Waals surface area (Å²) in [6.07, 6.45) is 3.36. The van der Waals surface area contributed by atoms with Crippen LogP contribution in [0.1, 0.15) is 27.8 Å². The third-order valence-corrected chi connectivity index (χ3v) is 7.29. The van der Waals surface area contributed by atoms with Crippen LogP contribution in [0.5, 0.6) is 0 Å². The van der Waals surface area contributed by atoms with Crippen LogP contribution in [0.25, 0.3) is 0 Å². The van der Waals surface area contributed by atoms with Gasteiger partial charge < -0.3 is 9.88 Å². The molecule has 1 amide bonds. The molecule has 0 aliphatic rings. The van der Waals surface area contributed by atoms with Gasteiger partial charge in [-0.1, -0.05) is 30.3 Å². The average molecular weight is 479 g/mol. The molecule has 4 aromatic rings. The zero-order valence-corrected chi connectivity index (χ0v) is 19.4. The van der Waals surface area contributed by atoms with Crippen molar-refractivity contribution < 1.29 is 17.6 Å². The number of amides is 1. The second-order valence-corrected chi connectivity index (χ2v) is 9.66. The predicted molar refractivity (Wildman–Crippen MR) is 127 cm³/mol. The molecule has 0 spiro atoms. The van der Waals surface area contributed by atoms with Crippen molar-refractivity contribution in [3.05, 3.63) is 114 Å². The van der Waals surface area contributed by atoms with E-state index in [0.29, 0.717) is 17.1 Å². The number of anilines is 1. The van der Waals surface area contributed by atoms with Crippen LogP contribution in [0, 0.1) is 5.82 Å². The first-order chi connectivity index (χ1) is 16.3. The summed E-state index contributed by atoms with van der Waals surface area (Å²) in [5.41, 5.74) is 1.47. The molecule has 0 radical (unpaired) electrons. The van der Waals surface area contributed by atoms with Gasteiger partial charge in [0.25, 0.3) is 15.9 Å². The third kappa shape index (κ3) is 4.69. The van der Waals surface area contributed by atoms with Crippen LogP contribution in [-0.4, -0.2) is 30.9 Å². The first-order valence-corrected chi connectivity index (χ1v) is 11.9. The summed E-state index contributed by atoms with van der Waals surface area (Å²) in [6.45, 7) is 0. The number of hydrogen-bond acceptors (Lipinski definition) is 4. The van der Waals surface area contributed by atoms with Crippen molar-refractivity contribution in [3.63, 3.8) is 0 Å². The number of hydrogen-bond donors (Lipinski definition) is 1. The summed E-state index contributed by atoms with van der Waals surface area (Å²) in [5.74, 6) is -0.229. The quantitative estimate of drug-likeness (QED) is 0.437. The van der Waals surface area contributed by atoms with Crippen molar-refractivity contribution in [1.29, 1.82) is 0 Å². The molecule has 7 nitrogen and oxygen atoms in total. The lowest BCUT2D eigenvalue weighted by molar-refractivity contribution is 0.0941. The zero-order chi connectivity index (χ0) is 24.3. The van der Waals surface area contributed by atoms with E-state index in [4.69, 9.17) is 0 Å². The second kappa shape index (κ2) is 9.48. The molecule has 1 aromatic heterocycles. The molecule has 0 bridgehead atoms. The number of imidazole rings is 1. The van der Waals surface area contributed by atoms with Crippen LogP contribution in [0.15, 0.2) is 96.2 Å². The number of carbonyl (C=O) groups excluding carboxylic acids is 1. The van der Waals surface area contributed by atoms with Gasteiger partial charge in [-0.05, 0) is 54.1 Å². The summed E-state index contributed by atoms with van der Waals surface area (Å²) < 4.78 is 42.4. The minimum atomic E-state index is -3.79. The normalized spacial score (nSPS) is 12.2. The summed E-state index contributed by atoms with van der Waals surface area (Å²) in [5, 5.41) is 2.91. The molecule has 3 aromatic carbocycles. The van der Waals surface area contributed by atoms with Gasteiger partial charge in [-0.25, -0.2) is 17.8 Å². The smallest absolute Gasteiger partial charge is 0.264 e. The molecule has 174 valence electrons. The van der Waals surface area contributed by atoms with Crippen LogP contribution >= 0.6 is 0 Å². The van der Waals surface area contributed by atoms with Crippen LogP contribution in [0.2, 0.25) is 0 Å². The third-order valence-electron chi connectivity index (χ3n) is 5.49. The fraction of sp³-hybridized carbons (Fsp3) is 0.120. The molecule has 1 heterocycles. The highest BCUT2D eigenvalue weighted by Gasteiger charge is 2.24. The molecule has 0 fully saturated rings. The Hall–Kier alpha value is -3.98. The van der Waals surface area contributed by atoms with Crippen molar-refractivity contribution in [3.8, 4) is 0 Å². The van der Waals surface area contributed by atoms with Gasteiger partial charge >= 0.3 is 0 Å². The van der Waals surface area contributed by atoms with Gasteiger partial charge in [0.2, 0.25) is 0 Å². The lowest BCUT2D eigenvalue weighted by atomic mass is 10.1. The number of aromatic nitrogens is 2. The number of benzene rings is 3. The first-order valence-electron chi connectivity index (χ1n) is 10.4. The van der Waals surface area contributed by atoms with E-state index in [1.807, 2.05) is 6.07 Å². The van der Waals surface area contributed by atoms with E-state index in [1.165, 1.54) is 47.8 Å². The topological polar surface area (TPSA) is 84.3 Å². The van der Waals surface area contributed by atoms with Crippen molar-refractivity contribution in [2.45, 2.75) is 10.9 Å². The number of sulfonamides is 1. The lowest BCUT2D eigenvalue weighted by Crippen LogP contribution is -2.31. The van der Waals surface area contributed by atoms with Crippen molar-refractivity contribution in [2.75, 3.05) is 11.4 Å². The Kier molecular flexibility index (Phi) is 6.47. The van der Waals surface area contributed by atoms with Crippen LogP contribution in [0.3, 0.4) is 0 Å². The number of halogens is 1. The highest BCUT2D eigenvalue weighted by atomic mass is 32.2. The van der Waals surface area contributed by atoms with Crippen LogP contribution < -0.4 is 9.62 Å². The minimum Gasteiger partial charge on any atom is -0.338 e. The van der Waals surface area contributed by atoms with E-state index in [9.17, 15) is 17.6 Å². The summed E-state index contributed by atoms with van der Waals surface area (Å²) in [6, 6.07) is 19.6. The fourth-order valence-electron chi connectivity index (χ4n) is 3.54. The molecule has 0 saturated heterocycles. The molecule has 1 N–H and O–H groups in total. The van der Waals surface area contributed by atoms with Crippen molar-refractivity contribution in [1.82, 2.24) is 14.9 Å². The van der Waals surface area contributed by atoms with Crippen molar-refractivity contribution in [2.24, 2.45) is 7.05 Å². The molecule has 0 aliphatic heterocycles. The van der Waals surface area contributed by atoms with Gasteiger partial charge in [-0.3, -0.25) is 9.10 Å². The number of nitrogens with zero attached hydrogens (tertiary/aromatic N) is 3. The van der Waals surface area contributed by atoms with E-state index in [1.54, 1.807) is 60.4 Å². The summed E-state index contributed by atoms with van der Waals surface area (Å²) >= 11 is 0. The number of carbonyl (C=O) groups is 1. The monoisotopic (exact) mass is 478 g/mol. The maximum absolute atomic E-state index is 13.4. The Morgan fingerprint density at radius 1 is 1.00 bits per heavy atom. The molecule has 4 rings (SSSR count). The number of para-hydroxylation sites is 1. The Balaban J connectivity index is 1.58. The van der Waals surface area contributed by atoms with Crippen LogP contribution in [-0.2, 0) is 17.1 Å². The minimum absolute atomic E-state index is 0.0644. The van der Waals surface area contributed by atoms with Gasteiger partial charge in [0, 0.05) is 32.1 Å². The molecule has 9 heteroatoms. The lowest BCUT2D eigenvalue weighted by Gasteiger charge is -2.20. The Morgan fingerprint density at radius 3 is 2.24 bits per heavy atom.